The average Bonchev–Trinajstić information content (AvgIpc) is 2.24. The predicted molar refractivity (Wildman–Crippen MR) is 67.1 cm³/mol. The molecule has 1 atom stereocenters. The summed E-state index contributed by atoms with van der Waals surface area (Å²) in [7, 11) is 1.94. The number of likely N-dealkylation sites (N-methyl/N-ethyl adjacent to an activating group) is 1. The van der Waals surface area contributed by atoms with E-state index in [1.807, 2.05) is 19.2 Å². The van der Waals surface area contributed by atoms with Crippen LogP contribution >= 0.6 is 15.9 Å². The minimum absolute atomic E-state index is 0.146. The van der Waals surface area contributed by atoms with E-state index in [-0.39, 0.29) is 6.10 Å². The lowest BCUT2D eigenvalue weighted by molar-refractivity contribution is 0.0543. The van der Waals surface area contributed by atoms with Gasteiger partial charge >= 0.3 is 0 Å². The van der Waals surface area contributed by atoms with Crippen molar-refractivity contribution in [3.05, 3.63) is 34.3 Å². The number of rotatable bonds is 6. The molecule has 15 heavy (non-hydrogen) atoms. The van der Waals surface area contributed by atoms with Crippen molar-refractivity contribution in [1.82, 2.24) is 5.32 Å². The van der Waals surface area contributed by atoms with Gasteiger partial charge in [-0.05, 0) is 31.2 Å². The van der Waals surface area contributed by atoms with Crippen LogP contribution in [0.3, 0.4) is 0 Å². The van der Waals surface area contributed by atoms with E-state index in [4.69, 9.17) is 4.74 Å². The third-order valence-corrected chi connectivity index (χ3v) is 2.63. The van der Waals surface area contributed by atoms with E-state index in [0.29, 0.717) is 0 Å². The minimum atomic E-state index is 0.146. The highest BCUT2D eigenvalue weighted by Crippen LogP contribution is 2.20. The lowest BCUT2D eigenvalue weighted by atomic mass is 10.1. The van der Waals surface area contributed by atoms with Gasteiger partial charge in [-0.3, -0.25) is 0 Å². The molecule has 0 saturated carbocycles. The number of benzene rings is 1. The molecule has 84 valence electrons. The highest BCUT2D eigenvalue weighted by molar-refractivity contribution is 9.10. The molecule has 0 amide bonds. The molecule has 0 aliphatic heterocycles. The van der Waals surface area contributed by atoms with Crippen molar-refractivity contribution in [1.29, 1.82) is 0 Å². The van der Waals surface area contributed by atoms with Crippen molar-refractivity contribution in [2.75, 3.05) is 20.2 Å². The molecule has 0 aliphatic rings. The smallest absolute Gasteiger partial charge is 0.0949 e. The van der Waals surface area contributed by atoms with Crippen molar-refractivity contribution in [2.45, 2.75) is 19.4 Å². The average molecular weight is 272 g/mol. The Morgan fingerprint density at radius 1 is 1.47 bits per heavy atom. The quantitative estimate of drug-likeness (QED) is 0.859. The van der Waals surface area contributed by atoms with Gasteiger partial charge in [-0.1, -0.05) is 35.0 Å². The zero-order chi connectivity index (χ0) is 11.1. The highest BCUT2D eigenvalue weighted by atomic mass is 79.9. The summed E-state index contributed by atoms with van der Waals surface area (Å²) in [4.78, 5) is 0. The van der Waals surface area contributed by atoms with Crippen LogP contribution in [0.25, 0.3) is 0 Å². The first-order chi connectivity index (χ1) is 7.27. The number of ether oxygens (including phenoxy) is 1. The first-order valence-electron chi connectivity index (χ1n) is 5.29. The first kappa shape index (κ1) is 12.7. The van der Waals surface area contributed by atoms with Gasteiger partial charge in [0.15, 0.2) is 0 Å². The fraction of sp³-hybridized carbons (Fsp3) is 0.500. The van der Waals surface area contributed by atoms with Gasteiger partial charge in [0.25, 0.3) is 0 Å². The third kappa shape index (κ3) is 4.33. The van der Waals surface area contributed by atoms with Crippen LogP contribution in [0.15, 0.2) is 28.7 Å². The van der Waals surface area contributed by atoms with Crippen molar-refractivity contribution >= 4 is 15.9 Å². The van der Waals surface area contributed by atoms with Gasteiger partial charge in [-0.15, -0.1) is 0 Å². The van der Waals surface area contributed by atoms with Gasteiger partial charge in [0.2, 0.25) is 0 Å². The maximum Gasteiger partial charge on any atom is 0.0949 e. The van der Waals surface area contributed by atoms with Gasteiger partial charge < -0.3 is 10.1 Å². The third-order valence-electron chi connectivity index (χ3n) is 2.13. The minimum Gasteiger partial charge on any atom is -0.372 e. The molecule has 1 aromatic carbocycles. The van der Waals surface area contributed by atoms with E-state index in [9.17, 15) is 0 Å². The lowest BCUT2D eigenvalue weighted by Crippen LogP contribution is -2.20. The zero-order valence-corrected chi connectivity index (χ0v) is 10.9. The fourth-order valence-electron chi connectivity index (χ4n) is 1.43. The summed E-state index contributed by atoms with van der Waals surface area (Å²) in [6.07, 6.45) is 1.20. The maximum absolute atomic E-state index is 5.79. The fourth-order valence-corrected chi connectivity index (χ4v) is 1.84. The van der Waals surface area contributed by atoms with Crippen LogP contribution < -0.4 is 5.32 Å². The van der Waals surface area contributed by atoms with E-state index in [0.717, 1.165) is 24.0 Å². The van der Waals surface area contributed by atoms with Crippen LogP contribution in [-0.2, 0) is 4.74 Å². The van der Waals surface area contributed by atoms with Crippen LogP contribution in [0.4, 0.5) is 0 Å². The number of hydrogen-bond donors (Lipinski definition) is 1. The second kappa shape index (κ2) is 6.99. The summed E-state index contributed by atoms with van der Waals surface area (Å²) in [6, 6.07) is 8.28. The summed E-state index contributed by atoms with van der Waals surface area (Å²) in [5.41, 5.74) is 1.21. The largest absolute Gasteiger partial charge is 0.372 e. The van der Waals surface area contributed by atoms with Crippen LogP contribution in [0.1, 0.15) is 25.0 Å². The second-order valence-electron chi connectivity index (χ2n) is 3.47. The number of halogens is 1. The van der Waals surface area contributed by atoms with E-state index < -0.39 is 0 Å². The molecule has 0 aliphatic carbocycles. The Balaban J connectivity index is 2.69. The second-order valence-corrected chi connectivity index (χ2v) is 4.39. The van der Waals surface area contributed by atoms with Crippen LogP contribution in [-0.4, -0.2) is 20.2 Å². The Kier molecular flexibility index (Phi) is 5.91. The van der Waals surface area contributed by atoms with Crippen molar-refractivity contribution in [3.8, 4) is 0 Å². The highest BCUT2D eigenvalue weighted by Gasteiger charge is 2.10. The van der Waals surface area contributed by atoms with Gasteiger partial charge in [0.05, 0.1) is 6.10 Å². The summed E-state index contributed by atoms with van der Waals surface area (Å²) < 4.78 is 6.89. The van der Waals surface area contributed by atoms with E-state index in [2.05, 4.69) is 40.3 Å². The normalized spacial score (nSPS) is 12.7. The summed E-state index contributed by atoms with van der Waals surface area (Å²) in [6.45, 7) is 3.77. The Morgan fingerprint density at radius 3 is 2.87 bits per heavy atom. The SMILES string of the molecule is CCCOC(CNC)c1cccc(Br)c1. The molecule has 0 aromatic heterocycles. The topological polar surface area (TPSA) is 21.3 Å². The molecule has 1 rings (SSSR count). The Morgan fingerprint density at radius 2 is 2.27 bits per heavy atom. The van der Waals surface area contributed by atoms with Crippen LogP contribution in [0.2, 0.25) is 0 Å². The van der Waals surface area contributed by atoms with E-state index in [1.165, 1.54) is 5.56 Å². The molecule has 0 radical (unpaired) electrons. The molecule has 2 nitrogen and oxygen atoms in total. The molecule has 0 saturated heterocycles. The Labute approximate surface area is 100 Å². The van der Waals surface area contributed by atoms with Gasteiger partial charge in [-0.2, -0.15) is 0 Å². The first-order valence-corrected chi connectivity index (χ1v) is 6.09. The van der Waals surface area contributed by atoms with E-state index >= 15 is 0 Å². The Bertz CT molecular complexity index is 291. The summed E-state index contributed by atoms with van der Waals surface area (Å²) >= 11 is 3.47. The maximum atomic E-state index is 5.79. The molecular weight excluding hydrogens is 254 g/mol. The van der Waals surface area contributed by atoms with Gasteiger partial charge in [0, 0.05) is 17.6 Å². The summed E-state index contributed by atoms with van der Waals surface area (Å²) in [5, 5.41) is 3.15. The number of nitrogens with one attached hydrogen (secondary N) is 1. The van der Waals surface area contributed by atoms with E-state index in [1.54, 1.807) is 0 Å². The lowest BCUT2D eigenvalue weighted by Gasteiger charge is -2.17. The molecule has 1 unspecified atom stereocenters. The molecule has 0 fully saturated rings. The molecule has 1 aromatic rings. The molecule has 3 heteroatoms. The molecule has 1 N–H and O–H groups in total. The monoisotopic (exact) mass is 271 g/mol. The van der Waals surface area contributed by atoms with Gasteiger partial charge in [-0.25, -0.2) is 0 Å². The van der Waals surface area contributed by atoms with Crippen LogP contribution in [0, 0.1) is 0 Å². The summed E-state index contributed by atoms with van der Waals surface area (Å²) in [5.74, 6) is 0. The Hall–Kier alpha value is -0.380. The number of hydrogen-bond acceptors (Lipinski definition) is 2. The predicted octanol–water partition coefficient (Wildman–Crippen LogP) is 3.14. The zero-order valence-electron chi connectivity index (χ0n) is 9.29. The van der Waals surface area contributed by atoms with Gasteiger partial charge in [0.1, 0.15) is 0 Å². The molecule has 0 bridgehead atoms. The van der Waals surface area contributed by atoms with Crippen molar-refractivity contribution < 1.29 is 4.74 Å². The van der Waals surface area contributed by atoms with Crippen molar-refractivity contribution in [2.24, 2.45) is 0 Å². The van der Waals surface area contributed by atoms with Crippen molar-refractivity contribution in [3.63, 3.8) is 0 Å². The molecular formula is C12H18BrNO. The molecule has 0 heterocycles. The van der Waals surface area contributed by atoms with Crippen LogP contribution in [0.5, 0.6) is 0 Å². The standard InChI is InChI=1S/C12H18BrNO/c1-3-7-15-12(9-14-2)10-5-4-6-11(13)8-10/h4-6,8,12,14H,3,7,9H2,1-2H3. The molecule has 0 spiro atoms.